The molecule has 0 N–H and O–H groups in total. The highest BCUT2D eigenvalue weighted by molar-refractivity contribution is 6.02. The lowest BCUT2D eigenvalue weighted by Gasteiger charge is -2.45. The number of likely N-dealkylation sites (tertiary alicyclic amines) is 1. The molecule has 5 rings (SSSR count). The molecule has 1 aliphatic carbocycles. The van der Waals surface area contributed by atoms with Crippen LogP contribution in [0.15, 0.2) is 36.7 Å². The number of ether oxygens (including phenoxy) is 3. The van der Waals surface area contributed by atoms with Crippen molar-refractivity contribution in [1.29, 1.82) is 0 Å². The molecule has 0 spiro atoms. The predicted molar refractivity (Wildman–Crippen MR) is 127 cm³/mol. The Bertz CT molecular complexity index is 1250. The second-order valence-electron chi connectivity index (χ2n) is 10.0. The second kappa shape index (κ2) is 9.11. The summed E-state index contributed by atoms with van der Waals surface area (Å²) >= 11 is 0. The molecule has 2 aromatic heterocycles. The number of alkyl halides is 2. The minimum absolute atomic E-state index is 0.0584. The van der Waals surface area contributed by atoms with E-state index < -0.39 is 6.61 Å². The maximum Gasteiger partial charge on any atom is 0.387 e. The van der Waals surface area contributed by atoms with Gasteiger partial charge in [-0.25, -0.2) is 4.98 Å². The van der Waals surface area contributed by atoms with Crippen molar-refractivity contribution in [2.24, 2.45) is 11.3 Å². The summed E-state index contributed by atoms with van der Waals surface area (Å²) < 4.78 is 44.6. The van der Waals surface area contributed by atoms with Gasteiger partial charge in [0.1, 0.15) is 28.5 Å². The molecule has 0 unspecified atom stereocenters. The molecule has 3 heterocycles. The molecule has 0 bridgehead atoms. The first-order valence-electron chi connectivity index (χ1n) is 11.7. The van der Waals surface area contributed by atoms with Gasteiger partial charge in [0.2, 0.25) is 0 Å². The zero-order valence-corrected chi connectivity index (χ0v) is 20.1. The van der Waals surface area contributed by atoms with Crippen LogP contribution in [-0.4, -0.2) is 60.5 Å². The first-order valence-corrected chi connectivity index (χ1v) is 11.7. The summed E-state index contributed by atoms with van der Waals surface area (Å²) in [5, 5.41) is 0. The lowest BCUT2D eigenvalue weighted by molar-refractivity contribution is -0.0502. The van der Waals surface area contributed by atoms with E-state index in [1.165, 1.54) is 13.2 Å². The van der Waals surface area contributed by atoms with Crippen molar-refractivity contribution in [1.82, 2.24) is 14.3 Å². The molecule has 3 aromatic rings. The van der Waals surface area contributed by atoms with Gasteiger partial charge in [-0.15, -0.1) is 0 Å². The lowest BCUT2D eigenvalue weighted by atomic mass is 9.83. The predicted octanol–water partition coefficient (Wildman–Crippen LogP) is 4.92. The van der Waals surface area contributed by atoms with Gasteiger partial charge in [0.05, 0.1) is 25.6 Å². The van der Waals surface area contributed by atoms with Crippen molar-refractivity contribution in [2.75, 3.05) is 33.9 Å². The molecule has 2 fully saturated rings. The number of fused-ring (bicyclic) bond motifs is 1. The van der Waals surface area contributed by atoms with Gasteiger partial charge in [0.25, 0.3) is 0 Å². The maximum atomic E-state index is 13.2. The van der Waals surface area contributed by atoms with Crippen LogP contribution < -0.4 is 14.2 Å². The van der Waals surface area contributed by atoms with Crippen LogP contribution in [0, 0.1) is 11.3 Å². The minimum Gasteiger partial charge on any atom is -0.496 e. The summed E-state index contributed by atoms with van der Waals surface area (Å²) in [6, 6.07) is 6.82. The zero-order chi connectivity index (χ0) is 24.7. The third-order valence-electron chi connectivity index (χ3n) is 6.62. The second-order valence-corrected chi connectivity index (χ2v) is 10.0. The Hall–Kier alpha value is -3.20. The van der Waals surface area contributed by atoms with Crippen LogP contribution in [-0.2, 0) is 0 Å². The number of pyridine rings is 1. The van der Waals surface area contributed by atoms with Gasteiger partial charge in [0, 0.05) is 42.8 Å². The molecule has 0 atom stereocenters. The number of halogens is 2. The fourth-order valence-corrected chi connectivity index (χ4v) is 4.92. The molecule has 186 valence electrons. The van der Waals surface area contributed by atoms with Crippen molar-refractivity contribution in [3.63, 3.8) is 0 Å². The largest absolute Gasteiger partial charge is 0.496 e. The average Bonchev–Trinajstić information content (AvgIpc) is 3.50. The Kier molecular flexibility index (Phi) is 6.13. The van der Waals surface area contributed by atoms with Crippen molar-refractivity contribution in [3.8, 4) is 28.5 Å². The van der Waals surface area contributed by atoms with E-state index in [2.05, 4.69) is 23.9 Å². The summed E-state index contributed by atoms with van der Waals surface area (Å²) in [7, 11) is 3.50. The van der Waals surface area contributed by atoms with E-state index in [-0.39, 0.29) is 28.3 Å². The summed E-state index contributed by atoms with van der Waals surface area (Å²) in [5.41, 5.74) is 2.04. The van der Waals surface area contributed by atoms with E-state index in [0.29, 0.717) is 41.6 Å². The number of methoxy groups -OCH3 is 1. The summed E-state index contributed by atoms with van der Waals surface area (Å²) in [4.78, 5) is 19.6. The molecule has 7 nitrogen and oxygen atoms in total. The quantitative estimate of drug-likeness (QED) is 0.380. The first kappa shape index (κ1) is 23.5. The van der Waals surface area contributed by atoms with Crippen LogP contribution in [0.5, 0.6) is 17.2 Å². The number of carbonyl (C=O) groups excluding carboxylic acids is 1. The highest BCUT2D eigenvalue weighted by Gasteiger charge is 2.37. The summed E-state index contributed by atoms with van der Waals surface area (Å²) in [6.45, 7) is 1.73. The number of hydrogen-bond acceptors (Lipinski definition) is 6. The molecule has 0 amide bonds. The van der Waals surface area contributed by atoms with Gasteiger partial charge in [-0.05, 0) is 44.0 Å². The number of nitrogens with zero attached hydrogens (tertiary/aromatic N) is 3. The third kappa shape index (κ3) is 4.96. The van der Waals surface area contributed by atoms with E-state index >= 15 is 0 Å². The average molecular weight is 486 g/mol. The fourth-order valence-electron chi connectivity index (χ4n) is 4.92. The number of aromatic nitrogens is 2. The molecule has 1 saturated heterocycles. The number of imidazole rings is 1. The fraction of sp³-hybridized carbons (Fsp3) is 0.462. The zero-order valence-electron chi connectivity index (χ0n) is 20.1. The standard InChI is InChI=1S/C26H29F2N3O4/c1-26(13-30(2)14-26)15-34-18-6-7-31-19(12-29-23(31)11-18)17-9-21(33-3)24(20(32)8-16-4-5-16)22(10-17)35-25(27)28/h6-7,9-12,16,25H,4-5,8,13-15H2,1-3H3. The van der Waals surface area contributed by atoms with Crippen LogP contribution in [0.1, 0.15) is 36.5 Å². The highest BCUT2D eigenvalue weighted by atomic mass is 19.3. The molecular weight excluding hydrogens is 456 g/mol. The van der Waals surface area contributed by atoms with Crippen molar-refractivity contribution >= 4 is 11.4 Å². The van der Waals surface area contributed by atoms with Crippen LogP contribution in [0.4, 0.5) is 8.78 Å². The molecule has 2 aliphatic rings. The molecule has 35 heavy (non-hydrogen) atoms. The number of rotatable bonds is 10. The number of ketones is 1. The van der Waals surface area contributed by atoms with Gasteiger partial charge in [-0.3, -0.25) is 9.20 Å². The Morgan fingerprint density at radius 2 is 1.97 bits per heavy atom. The van der Waals surface area contributed by atoms with E-state index in [0.717, 1.165) is 25.9 Å². The van der Waals surface area contributed by atoms with Crippen LogP contribution >= 0.6 is 0 Å². The number of Topliss-reactive ketones (excluding diaryl/α,β-unsaturated/α-hetero) is 1. The minimum atomic E-state index is -3.07. The monoisotopic (exact) mass is 485 g/mol. The van der Waals surface area contributed by atoms with E-state index in [4.69, 9.17) is 14.2 Å². The Morgan fingerprint density at radius 1 is 1.23 bits per heavy atom. The van der Waals surface area contributed by atoms with Crippen LogP contribution in [0.3, 0.4) is 0 Å². The van der Waals surface area contributed by atoms with Crippen molar-refractivity contribution in [2.45, 2.75) is 32.8 Å². The molecule has 1 aliphatic heterocycles. The lowest BCUT2D eigenvalue weighted by Crippen LogP contribution is -2.55. The Labute approximate surface area is 202 Å². The SMILES string of the molecule is COc1cc(-c2cnc3cc(OCC4(C)CN(C)C4)ccn23)cc(OC(F)F)c1C(=O)CC1CC1. The third-order valence-corrected chi connectivity index (χ3v) is 6.62. The van der Waals surface area contributed by atoms with E-state index in [1.54, 1.807) is 12.3 Å². The molecular formula is C26H29F2N3O4. The van der Waals surface area contributed by atoms with Crippen LogP contribution in [0.25, 0.3) is 16.9 Å². The highest BCUT2D eigenvalue weighted by Crippen LogP contribution is 2.40. The maximum absolute atomic E-state index is 13.2. The normalized spacial score (nSPS) is 17.4. The van der Waals surface area contributed by atoms with Gasteiger partial charge in [0.15, 0.2) is 5.78 Å². The molecule has 1 aromatic carbocycles. The van der Waals surface area contributed by atoms with E-state index in [9.17, 15) is 13.6 Å². The summed E-state index contributed by atoms with van der Waals surface area (Å²) in [6.07, 6.45) is 5.72. The Balaban J connectivity index is 1.45. The summed E-state index contributed by atoms with van der Waals surface area (Å²) in [5.74, 6) is 0.781. The molecule has 9 heteroatoms. The van der Waals surface area contributed by atoms with Gasteiger partial charge < -0.3 is 19.1 Å². The Morgan fingerprint density at radius 3 is 2.63 bits per heavy atom. The van der Waals surface area contributed by atoms with Crippen molar-refractivity contribution < 1.29 is 27.8 Å². The first-order chi connectivity index (χ1) is 16.7. The van der Waals surface area contributed by atoms with E-state index in [1.807, 2.05) is 22.7 Å². The van der Waals surface area contributed by atoms with Gasteiger partial charge >= 0.3 is 6.61 Å². The van der Waals surface area contributed by atoms with Gasteiger partial charge in [-0.2, -0.15) is 8.78 Å². The molecule has 1 saturated carbocycles. The topological polar surface area (TPSA) is 65.3 Å². The smallest absolute Gasteiger partial charge is 0.387 e. The van der Waals surface area contributed by atoms with Gasteiger partial charge in [-0.1, -0.05) is 6.92 Å². The number of benzene rings is 1. The van der Waals surface area contributed by atoms with Crippen molar-refractivity contribution in [3.05, 3.63) is 42.2 Å². The van der Waals surface area contributed by atoms with Crippen LogP contribution in [0.2, 0.25) is 0 Å². The molecule has 0 radical (unpaired) electrons. The number of hydrogen-bond donors (Lipinski definition) is 0. The number of carbonyl (C=O) groups is 1.